The van der Waals surface area contributed by atoms with E-state index in [0.29, 0.717) is 11.8 Å². The van der Waals surface area contributed by atoms with Crippen LogP contribution in [0, 0.1) is 0 Å². The molecule has 4 nitrogen and oxygen atoms in total. The van der Waals surface area contributed by atoms with Crippen LogP contribution in [0.15, 0.2) is 9.98 Å². The van der Waals surface area contributed by atoms with Crippen molar-refractivity contribution in [2.24, 2.45) is 9.98 Å². The molecule has 72 valence electrons. The maximum atomic E-state index is 5.52. The monoisotopic (exact) mass is 182 g/mol. The number of hydrogen-bond acceptors (Lipinski definition) is 4. The standard InChI is InChI=1S/C9H14N2O2/c1-7-3-5-11-9(13-7)8-10-4-2-6-12-8/h7H,2-6H2,1H3. The van der Waals surface area contributed by atoms with Gasteiger partial charge in [0, 0.05) is 25.9 Å². The second kappa shape index (κ2) is 3.77. The number of ether oxygens (including phenoxy) is 2. The Morgan fingerprint density at radius 2 is 2.08 bits per heavy atom. The van der Waals surface area contributed by atoms with E-state index in [-0.39, 0.29) is 6.10 Å². The molecule has 0 fully saturated rings. The van der Waals surface area contributed by atoms with Gasteiger partial charge in [0.25, 0.3) is 11.8 Å². The van der Waals surface area contributed by atoms with Gasteiger partial charge < -0.3 is 9.47 Å². The summed E-state index contributed by atoms with van der Waals surface area (Å²) in [6.07, 6.45) is 2.21. The molecule has 0 bridgehead atoms. The molecule has 0 aromatic heterocycles. The molecule has 1 atom stereocenters. The first kappa shape index (κ1) is 8.53. The first-order chi connectivity index (χ1) is 6.36. The predicted octanol–water partition coefficient (Wildman–Crippen LogP) is 1.01. The minimum Gasteiger partial charge on any atom is -0.474 e. The molecule has 0 radical (unpaired) electrons. The minimum atomic E-state index is 0.237. The molecule has 0 saturated carbocycles. The van der Waals surface area contributed by atoms with Crippen LogP contribution in [0.2, 0.25) is 0 Å². The molecule has 0 amide bonds. The van der Waals surface area contributed by atoms with Gasteiger partial charge in [0.2, 0.25) is 0 Å². The SMILES string of the molecule is CC1CCN=C(C2=NCCCO2)O1. The van der Waals surface area contributed by atoms with Crippen molar-refractivity contribution in [2.75, 3.05) is 19.7 Å². The largest absolute Gasteiger partial charge is 0.474 e. The molecule has 0 N–H and O–H groups in total. The number of rotatable bonds is 1. The molecule has 0 aromatic rings. The quantitative estimate of drug-likeness (QED) is 0.607. The van der Waals surface area contributed by atoms with Gasteiger partial charge in [-0.1, -0.05) is 0 Å². The highest BCUT2D eigenvalue weighted by Crippen LogP contribution is 2.09. The van der Waals surface area contributed by atoms with Crippen molar-refractivity contribution in [1.82, 2.24) is 0 Å². The third-order valence-electron chi connectivity index (χ3n) is 2.08. The first-order valence-electron chi connectivity index (χ1n) is 4.75. The highest BCUT2D eigenvalue weighted by atomic mass is 16.5. The number of hydrogen-bond donors (Lipinski definition) is 0. The molecule has 0 aromatic carbocycles. The van der Waals surface area contributed by atoms with Gasteiger partial charge >= 0.3 is 0 Å². The van der Waals surface area contributed by atoms with Crippen molar-refractivity contribution >= 4 is 11.8 Å². The maximum absolute atomic E-state index is 5.52. The molecular formula is C9H14N2O2. The second-order valence-electron chi connectivity index (χ2n) is 3.29. The fourth-order valence-electron chi connectivity index (χ4n) is 1.34. The van der Waals surface area contributed by atoms with Crippen LogP contribution in [0.4, 0.5) is 0 Å². The lowest BCUT2D eigenvalue weighted by atomic mass is 10.2. The minimum absolute atomic E-state index is 0.237. The van der Waals surface area contributed by atoms with Crippen LogP contribution in [0.5, 0.6) is 0 Å². The Kier molecular flexibility index (Phi) is 2.47. The van der Waals surface area contributed by atoms with Gasteiger partial charge in [0.15, 0.2) is 0 Å². The van der Waals surface area contributed by atoms with Crippen molar-refractivity contribution in [3.8, 4) is 0 Å². The predicted molar refractivity (Wildman–Crippen MR) is 50.3 cm³/mol. The third kappa shape index (κ3) is 1.99. The first-order valence-corrected chi connectivity index (χ1v) is 4.75. The van der Waals surface area contributed by atoms with Crippen molar-refractivity contribution in [2.45, 2.75) is 25.9 Å². The average Bonchev–Trinajstić information content (AvgIpc) is 2.19. The van der Waals surface area contributed by atoms with Crippen LogP contribution >= 0.6 is 0 Å². The fourth-order valence-corrected chi connectivity index (χ4v) is 1.34. The number of aliphatic imine (C=N–C) groups is 2. The molecule has 2 heterocycles. The zero-order valence-electron chi connectivity index (χ0n) is 7.82. The Hall–Kier alpha value is -1.06. The smallest absolute Gasteiger partial charge is 0.273 e. The summed E-state index contributed by atoms with van der Waals surface area (Å²) in [7, 11) is 0. The lowest BCUT2D eigenvalue weighted by Gasteiger charge is -2.22. The Balaban J connectivity index is 2.06. The zero-order valence-corrected chi connectivity index (χ0v) is 7.82. The summed E-state index contributed by atoms with van der Waals surface area (Å²) < 4.78 is 10.9. The summed E-state index contributed by atoms with van der Waals surface area (Å²) in [5.74, 6) is 1.19. The van der Waals surface area contributed by atoms with E-state index < -0.39 is 0 Å². The average molecular weight is 182 g/mol. The van der Waals surface area contributed by atoms with Crippen LogP contribution in [-0.4, -0.2) is 37.6 Å². The lowest BCUT2D eigenvalue weighted by Crippen LogP contribution is -2.31. The summed E-state index contributed by atoms with van der Waals surface area (Å²) >= 11 is 0. The molecule has 1 unspecified atom stereocenters. The van der Waals surface area contributed by atoms with Crippen LogP contribution in [0.3, 0.4) is 0 Å². The Morgan fingerprint density at radius 3 is 2.77 bits per heavy atom. The van der Waals surface area contributed by atoms with Crippen molar-refractivity contribution < 1.29 is 9.47 Å². The second-order valence-corrected chi connectivity index (χ2v) is 3.29. The van der Waals surface area contributed by atoms with E-state index in [1.807, 2.05) is 6.92 Å². The highest BCUT2D eigenvalue weighted by molar-refractivity contribution is 6.35. The van der Waals surface area contributed by atoms with Gasteiger partial charge in [-0.3, -0.25) is 0 Å². The Labute approximate surface area is 77.7 Å². The summed E-state index contributed by atoms with van der Waals surface area (Å²) in [5, 5.41) is 0. The van der Waals surface area contributed by atoms with Crippen LogP contribution in [-0.2, 0) is 9.47 Å². The molecule has 2 rings (SSSR count). The van der Waals surface area contributed by atoms with Crippen LogP contribution in [0.25, 0.3) is 0 Å². The van der Waals surface area contributed by atoms with Crippen molar-refractivity contribution in [3.63, 3.8) is 0 Å². The van der Waals surface area contributed by atoms with Gasteiger partial charge in [0.05, 0.1) is 12.7 Å². The lowest BCUT2D eigenvalue weighted by molar-refractivity contribution is 0.180. The van der Waals surface area contributed by atoms with E-state index in [1.54, 1.807) is 0 Å². The fraction of sp³-hybridized carbons (Fsp3) is 0.778. The topological polar surface area (TPSA) is 43.2 Å². The molecule has 4 heteroatoms. The zero-order chi connectivity index (χ0) is 9.10. The summed E-state index contributed by atoms with van der Waals surface area (Å²) in [6, 6.07) is 0. The van der Waals surface area contributed by atoms with E-state index in [1.165, 1.54) is 0 Å². The molecule has 2 aliphatic heterocycles. The molecule has 13 heavy (non-hydrogen) atoms. The van der Waals surface area contributed by atoms with Gasteiger partial charge in [-0.2, -0.15) is 0 Å². The third-order valence-corrected chi connectivity index (χ3v) is 2.08. The molecule has 2 aliphatic rings. The molecular weight excluding hydrogens is 168 g/mol. The van der Waals surface area contributed by atoms with Crippen LogP contribution < -0.4 is 0 Å². The van der Waals surface area contributed by atoms with Gasteiger partial charge in [0.1, 0.15) is 0 Å². The normalized spacial score (nSPS) is 28.2. The number of nitrogens with zero attached hydrogens (tertiary/aromatic N) is 2. The van der Waals surface area contributed by atoms with Gasteiger partial charge in [-0.15, -0.1) is 0 Å². The molecule has 0 spiro atoms. The van der Waals surface area contributed by atoms with E-state index in [9.17, 15) is 0 Å². The van der Waals surface area contributed by atoms with E-state index in [0.717, 1.165) is 32.5 Å². The Bertz CT molecular complexity index is 248. The Morgan fingerprint density at radius 1 is 1.23 bits per heavy atom. The highest BCUT2D eigenvalue weighted by Gasteiger charge is 2.20. The summed E-state index contributed by atoms with van der Waals surface area (Å²) in [6.45, 7) is 4.42. The van der Waals surface area contributed by atoms with E-state index >= 15 is 0 Å². The van der Waals surface area contributed by atoms with Gasteiger partial charge in [-0.25, -0.2) is 9.98 Å². The summed E-state index contributed by atoms with van der Waals surface area (Å²) in [4.78, 5) is 8.47. The summed E-state index contributed by atoms with van der Waals surface area (Å²) in [5.41, 5.74) is 0. The van der Waals surface area contributed by atoms with Crippen molar-refractivity contribution in [3.05, 3.63) is 0 Å². The van der Waals surface area contributed by atoms with Crippen molar-refractivity contribution in [1.29, 1.82) is 0 Å². The van der Waals surface area contributed by atoms with E-state index in [4.69, 9.17) is 9.47 Å². The molecule has 0 saturated heterocycles. The maximum Gasteiger partial charge on any atom is 0.273 e. The van der Waals surface area contributed by atoms with Gasteiger partial charge in [-0.05, 0) is 6.92 Å². The van der Waals surface area contributed by atoms with E-state index in [2.05, 4.69) is 9.98 Å². The molecule has 0 aliphatic carbocycles. The van der Waals surface area contributed by atoms with Crippen LogP contribution in [0.1, 0.15) is 19.8 Å².